The summed E-state index contributed by atoms with van der Waals surface area (Å²) in [6.45, 7) is 5.50. The third-order valence-corrected chi connectivity index (χ3v) is 10.9. The molecule has 0 aromatic heterocycles. The van der Waals surface area contributed by atoms with Crippen molar-refractivity contribution >= 4 is 28.7 Å². The Bertz CT molecular complexity index is 1690. The van der Waals surface area contributed by atoms with E-state index in [9.17, 15) is 31.8 Å². The molecule has 11 heteroatoms. The van der Waals surface area contributed by atoms with E-state index in [1.54, 1.807) is 48.5 Å². The number of nitrogens with zero attached hydrogens (tertiary/aromatic N) is 2. The van der Waals surface area contributed by atoms with Crippen LogP contribution in [0.15, 0.2) is 60.7 Å². The minimum Gasteiger partial charge on any atom is -0.333 e. The maximum atomic E-state index is 14.7. The lowest BCUT2D eigenvalue weighted by Crippen LogP contribution is -2.52. The van der Waals surface area contributed by atoms with Gasteiger partial charge in [0.1, 0.15) is 5.82 Å². The van der Waals surface area contributed by atoms with Crippen LogP contribution in [0, 0.1) is 23.4 Å². The second-order valence-corrected chi connectivity index (χ2v) is 15.4. The zero-order valence-corrected chi connectivity index (χ0v) is 26.7. The van der Waals surface area contributed by atoms with Gasteiger partial charge in [0, 0.05) is 29.8 Å². The highest BCUT2D eigenvalue weighted by Crippen LogP contribution is 2.42. The molecule has 0 aliphatic carbocycles. The summed E-state index contributed by atoms with van der Waals surface area (Å²) in [6, 6.07) is 14.3. The van der Waals surface area contributed by atoms with Crippen molar-refractivity contribution < 1.29 is 31.8 Å². The molecule has 2 saturated heterocycles. The fourth-order valence-electron chi connectivity index (χ4n) is 6.97. The van der Waals surface area contributed by atoms with Gasteiger partial charge in [-0.3, -0.25) is 19.3 Å². The molecule has 0 radical (unpaired) electrons. The van der Waals surface area contributed by atoms with Crippen LogP contribution in [0.3, 0.4) is 0 Å². The Morgan fingerprint density at radius 1 is 0.891 bits per heavy atom. The zero-order chi connectivity index (χ0) is 32.9. The van der Waals surface area contributed by atoms with E-state index < -0.39 is 39.2 Å². The quantitative estimate of drug-likeness (QED) is 0.241. The van der Waals surface area contributed by atoms with Crippen LogP contribution >= 0.6 is 0 Å². The van der Waals surface area contributed by atoms with E-state index in [1.807, 2.05) is 25.7 Å². The maximum absolute atomic E-state index is 14.7. The molecule has 3 aromatic rings. The minimum absolute atomic E-state index is 0.00281. The average Bonchev–Trinajstić information content (AvgIpc) is 3.42. The van der Waals surface area contributed by atoms with Gasteiger partial charge in [0.05, 0.1) is 33.4 Å². The van der Waals surface area contributed by atoms with Gasteiger partial charge >= 0.3 is 0 Å². The Labute approximate surface area is 268 Å². The summed E-state index contributed by atoms with van der Waals surface area (Å²) in [5.41, 5.74) is 1.85. The third kappa shape index (κ3) is 6.14. The number of imide groups is 1. The fourth-order valence-corrected chi connectivity index (χ4v) is 7.88. The van der Waals surface area contributed by atoms with Crippen molar-refractivity contribution in [2.45, 2.75) is 82.3 Å². The average molecular weight is 652 g/mol. The molecular formula is C35H36F3N3O4S. The molecule has 0 saturated carbocycles. The Morgan fingerprint density at radius 3 is 2.11 bits per heavy atom. The predicted molar refractivity (Wildman–Crippen MR) is 168 cm³/mol. The van der Waals surface area contributed by atoms with Crippen molar-refractivity contribution in [3.63, 3.8) is 0 Å². The standard InChI is InChI=1S/C35H36F3N3O4S/c1-35(2,3)46(45)39-31(17-22-16-29(37)30(38)18-28(22)36)23-14-24-11-12-25(15-23)41(24)32(42)21-8-6-7-20(13-21)19-40-33(43)26-9-4-5-10-27(26)34(40)44/h4-10,13,16,18,23-25,31,39H,11-12,14-15,17,19H2,1-3H3/t23?,24-,25+,31-,46+/m1/s1. The number of carbonyl (C=O) groups excluding carboxylic acids is 3. The summed E-state index contributed by atoms with van der Waals surface area (Å²) in [7, 11) is -1.50. The summed E-state index contributed by atoms with van der Waals surface area (Å²) in [5.74, 6) is -4.24. The van der Waals surface area contributed by atoms with E-state index in [0.717, 1.165) is 18.9 Å². The van der Waals surface area contributed by atoms with Crippen molar-refractivity contribution in [3.8, 4) is 0 Å². The molecule has 2 bridgehead atoms. The first-order chi connectivity index (χ1) is 21.8. The van der Waals surface area contributed by atoms with Gasteiger partial charge in [0.2, 0.25) is 0 Å². The van der Waals surface area contributed by atoms with Gasteiger partial charge in [-0.25, -0.2) is 22.1 Å². The van der Waals surface area contributed by atoms with Gasteiger partial charge in [-0.05, 0) is 100 Å². The molecule has 7 nitrogen and oxygen atoms in total. The number of hydrogen-bond donors (Lipinski definition) is 1. The maximum Gasteiger partial charge on any atom is 0.261 e. The van der Waals surface area contributed by atoms with Gasteiger partial charge in [-0.1, -0.05) is 24.3 Å². The lowest BCUT2D eigenvalue weighted by Gasteiger charge is -2.42. The molecule has 3 aliphatic rings. The van der Waals surface area contributed by atoms with Crippen molar-refractivity contribution in [2.24, 2.45) is 5.92 Å². The highest BCUT2D eigenvalue weighted by atomic mass is 32.2. The fraction of sp³-hybridized carbons (Fsp3) is 0.400. The van der Waals surface area contributed by atoms with Crippen LogP contribution in [0.1, 0.15) is 88.7 Å². The molecule has 3 aromatic carbocycles. The van der Waals surface area contributed by atoms with E-state index in [1.165, 1.54) is 4.90 Å². The first-order valence-corrected chi connectivity index (χ1v) is 16.6. The normalized spacial score (nSPS) is 22.3. The zero-order valence-electron chi connectivity index (χ0n) is 25.9. The topological polar surface area (TPSA) is 86.8 Å². The van der Waals surface area contributed by atoms with Crippen LogP contribution in [0.4, 0.5) is 13.2 Å². The Balaban J connectivity index is 1.19. The van der Waals surface area contributed by atoms with Crippen LogP contribution < -0.4 is 4.72 Å². The molecular weight excluding hydrogens is 615 g/mol. The van der Waals surface area contributed by atoms with Gasteiger partial charge in [-0.2, -0.15) is 0 Å². The van der Waals surface area contributed by atoms with Crippen molar-refractivity contribution in [2.75, 3.05) is 0 Å². The summed E-state index contributed by atoms with van der Waals surface area (Å²) in [4.78, 5) is 42.8. The lowest BCUT2D eigenvalue weighted by atomic mass is 9.82. The Hall–Kier alpha value is -3.83. The number of hydrogen-bond acceptors (Lipinski definition) is 4. The van der Waals surface area contributed by atoms with E-state index in [4.69, 9.17) is 0 Å². The molecule has 3 aliphatic heterocycles. The summed E-state index contributed by atoms with van der Waals surface area (Å²) < 4.78 is 58.2. The van der Waals surface area contributed by atoms with E-state index in [-0.39, 0.29) is 54.3 Å². The van der Waals surface area contributed by atoms with Gasteiger partial charge in [0.25, 0.3) is 17.7 Å². The second kappa shape index (κ2) is 12.4. The number of piperidine rings is 1. The highest BCUT2D eigenvalue weighted by Gasteiger charge is 2.46. The Kier molecular flexibility index (Phi) is 8.67. The van der Waals surface area contributed by atoms with Crippen LogP contribution in [-0.4, -0.2) is 54.6 Å². The van der Waals surface area contributed by atoms with Gasteiger partial charge in [-0.15, -0.1) is 0 Å². The van der Waals surface area contributed by atoms with Crippen molar-refractivity contribution in [3.05, 3.63) is 106 Å². The molecule has 242 valence electrons. The van der Waals surface area contributed by atoms with Crippen molar-refractivity contribution in [1.82, 2.24) is 14.5 Å². The summed E-state index contributed by atoms with van der Waals surface area (Å²) in [5, 5.41) is 0. The molecule has 2 fully saturated rings. The third-order valence-electron chi connectivity index (χ3n) is 9.31. The summed E-state index contributed by atoms with van der Waals surface area (Å²) in [6.07, 6.45) is 2.71. The summed E-state index contributed by atoms with van der Waals surface area (Å²) >= 11 is 0. The number of fused-ring (bicyclic) bond motifs is 3. The molecule has 6 rings (SSSR count). The molecule has 1 N–H and O–H groups in total. The largest absolute Gasteiger partial charge is 0.333 e. The van der Waals surface area contributed by atoms with Crippen LogP contribution in [-0.2, 0) is 24.0 Å². The molecule has 3 heterocycles. The van der Waals surface area contributed by atoms with Crippen molar-refractivity contribution in [1.29, 1.82) is 0 Å². The molecule has 46 heavy (non-hydrogen) atoms. The van der Waals surface area contributed by atoms with E-state index in [0.29, 0.717) is 41.2 Å². The predicted octanol–water partition coefficient (Wildman–Crippen LogP) is 5.95. The number of nitrogens with one attached hydrogen (secondary N) is 1. The SMILES string of the molecule is CC(C)(C)[S@](=O)N[C@H](Cc1cc(F)c(F)cc1F)C1C[C@H]2CC[C@@H](C1)N2C(=O)c1cccc(CN2C(=O)c3ccccc3C2=O)c1. The molecule has 3 amide bonds. The number of benzene rings is 3. The lowest BCUT2D eigenvalue weighted by molar-refractivity contribution is 0.0493. The van der Waals surface area contributed by atoms with Crippen LogP contribution in [0.2, 0.25) is 0 Å². The first-order valence-electron chi connectivity index (χ1n) is 15.5. The smallest absolute Gasteiger partial charge is 0.261 e. The number of carbonyl (C=O) groups is 3. The minimum atomic E-state index is -1.50. The van der Waals surface area contributed by atoms with Gasteiger partial charge in [0.15, 0.2) is 11.6 Å². The molecule has 1 unspecified atom stereocenters. The second-order valence-electron chi connectivity index (χ2n) is 13.4. The Morgan fingerprint density at radius 2 is 1.50 bits per heavy atom. The monoisotopic (exact) mass is 651 g/mol. The number of halogens is 3. The van der Waals surface area contributed by atoms with Crippen LogP contribution in [0.5, 0.6) is 0 Å². The van der Waals surface area contributed by atoms with E-state index in [2.05, 4.69) is 4.72 Å². The molecule has 5 atom stereocenters. The van der Waals surface area contributed by atoms with E-state index >= 15 is 0 Å². The first kappa shape index (κ1) is 32.1. The van der Waals surface area contributed by atoms with Crippen LogP contribution in [0.25, 0.3) is 0 Å². The molecule has 0 spiro atoms. The number of amides is 3. The number of rotatable bonds is 8. The highest BCUT2D eigenvalue weighted by molar-refractivity contribution is 7.84. The van der Waals surface area contributed by atoms with Gasteiger partial charge < -0.3 is 4.90 Å².